The van der Waals surface area contributed by atoms with Gasteiger partial charge in [0.05, 0.1) is 24.7 Å². The molecule has 6 rings (SSSR count). The Labute approximate surface area is 321 Å². The Bertz CT molecular complexity index is 2140. The van der Waals surface area contributed by atoms with Crippen molar-refractivity contribution in [3.63, 3.8) is 0 Å². The van der Waals surface area contributed by atoms with Crippen molar-refractivity contribution >= 4 is 33.5 Å². The minimum absolute atomic E-state index is 0.00311. The Balaban J connectivity index is 0.000000208. The van der Waals surface area contributed by atoms with Crippen molar-refractivity contribution < 1.29 is 27.5 Å². The Morgan fingerprint density at radius 3 is 1.43 bits per heavy atom. The fourth-order valence-electron chi connectivity index (χ4n) is 6.71. The molecule has 4 heterocycles. The number of aryl methyl sites for hydroxylation is 2. The molecule has 2 aromatic heterocycles. The number of thioether (sulfide) groups is 1. The summed E-state index contributed by atoms with van der Waals surface area (Å²) in [6.07, 6.45) is 10.3. The monoisotopic (exact) mass is 774 g/mol. The molecule has 0 atom stereocenters. The summed E-state index contributed by atoms with van der Waals surface area (Å²) in [6.45, 7) is 9.25. The van der Waals surface area contributed by atoms with Gasteiger partial charge in [0, 0.05) is 49.0 Å². The van der Waals surface area contributed by atoms with E-state index in [1.54, 1.807) is 26.2 Å². The average Bonchev–Trinajstić information content (AvgIpc) is 3.15. The highest BCUT2D eigenvalue weighted by molar-refractivity contribution is 7.99. The van der Waals surface area contributed by atoms with Gasteiger partial charge in [-0.3, -0.25) is 9.59 Å². The third-order valence-corrected chi connectivity index (χ3v) is 12.6. The van der Waals surface area contributed by atoms with E-state index in [-0.39, 0.29) is 52.6 Å². The van der Waals surface area contributed by atoms with Crippen LogP contribution in [0.4, 0.5) is 0 Å². The second-order valence-corrected chi connectivity index (χ2v) is 17.6. The van der Waals surface area contributed by atoms with E-state index in [0.29, 0.717) is 36.4 Å². The highest BCUT2D eigenvalue weighted by Gasteiger charge is 2.25. The van der Waals surface area contributed by atoms with Crippen LogP contribution in [0.15, 0.2) is 82.9 Å². The molecule has 0 radical (unpaired) electrons. The number of sulfone groups is 1. The molecule has 2 aliphatic rings. The maximum Gasteiger partial charge on any atom is 0.343 e. The number of pyridine rings is 2. The van der Waals surface area contributed by atoms with Crippen LogP contribution in [0, 0.1) is 25.7 Å². The van der Waals surface area contributed by atoms with Crippen LogP contribution in [0.2, 0.25) is 0 Å². The molecule has 0 N–H and O–H groups in total. The molecule has 2 aromatic carbocycles. The topological polar surface area (TPSA) is 131 Å². The first-order valence-electron chi connectivity index (χ1n) is 18.6. The molecule has 2 aliphatic heterocycles. The van der Waals surface area contributed by atoms with Gasteiger partial charge in [-0.15, -0.1) is 0 Å². The minimum Gasteiger partial charge on any atom is -0.462 e. The number of carbonyl (C=O) groups is 2. The van der Waals surface area contributed by atoms with Gasteiger partial charge in [0.15, 0.2) is 0 Å². The lowest BCUT2D eigenvalue weighted by molar-refractivity contribution is 0.0514. The number of hydrogen-bond acceptors (Lipinski definition) is 9. The van der Waals surface area contributed by atoms with Gasteiger partial charge < -0.3 is 18.6 Å². The van der Waals surface area contributed by atoms with E-state index in [4.69, 9.17) is 9.47 Å². The second kappa shape index (κ2) is 18.8. The minimum atomic E-state index is -2.93. The summed E-state index contributed by atoms with van der Waals surface area (Å²) in [4.78, 5) is 50.4. The van der Waals surface area contributed by atoms with Crippen molar-refractivity contribution in [2.24, 2.45) is 11.8 Å². The van der Waals surface area contributed by atoms with Crippen LogP contribution < -0.4 is 10.9 Å². The Morgan fingerprint density at radius 2 is 1.04 bits per heavy atom. The van der Waals surface area contributed by atoms with Crippen molar-refractivity contribution in [3.05, 3.63) is 116 Å². The van der Waals surface area contributed by atoms with E-state index in [1.807, 2.05) is 89.5 Å². The third-order valence-electron chi connectivity index (χ3n) is 9.83. The molecule has 0 aliphatic carbocycles. The Kier molecular flexibility index (Phi) is 14.2. The van der Waals surface area contributed by atoms with E-state index >= 15 is 0 Å². The first-order valence-corrected chi connectivity index (χ1v) is 21.6. The third kappa shape index (κ3) is 10.8. The number of rotatable bonds is 10. The quantitative estimate of drug-likeness (QED) is 0.157. The fraction of sp³-hybridized carbons (Fsp3) is 0.429. The maximum absolute atomic E-state index is 12.9. The molecule has 10 nitrogen and oxygen atoms in total. The zero-order valence-electron chi connectivity index (χ0n) is 31.5. The maximum atomic E-state index is 12.9. The number of aromatic nitrogens is 2. The van der Waals surface area contributed by atoms with Gasteiger partial charge in [-0.1, -0.05) is 59.7 Å². The van der Waals surface area contributed by atoms with Gasteiger partial charge in [0.25, 0.3) is 0 Å². The van der Waals surface area contributed by atoms with Crippen LogP contribution in [-0.4, -0.2) is 65.7 Å². The van der Waals surface area contributed by atoms with Gasteiger partial charge in [-0.2, -0.15) is 11.8 Å². The number of carbonyl (C=O) groups excluding carboxylic acids is 2. The Morgan fingerprint density at radius 1 is 0.648 bits per heavy atom. The highest BCUT2D eigenvalue weighted by atomic mass is 32.2. The average molecular weight is 775 g/mol. The van der Waals surface area contributed by atoms with Gasteiger partial charge in [-0.25, -0.2) is 18.0 Å². The molecule has 12 heteroatoms. The zero-order valence-corrected chi connectivity index (χ0v) is 33.2. The molecule has 2 saturated heterocycles. The lowest BCUT2D eigenvalue weighted by Crippen LogP contribution is -2.27. The smallest absolute Gasteiger partial charge is 0.343 e. The molecule has 0 bridgehead atoms. The van der Waals surface area contributed by atoms with Crippen molar-refractivity contribution in [2.45, 2.75) is 66.5 Å². The number of hydrogen-bond donors (Lipinski definition) is 0. The highest BCUT2D eigenvalue weighted by Crippen LogP contribution is 2.26. The summed E-state index contributed by atoms with van der Waals surface area (Å²) in [6, 6.07) is 15.4. The summed E-state index contributed by atoms with van der Waals surface area (Å²) >= 11 is 1.99. The summed E-state index contributed by atoms with van der Waals surface area (Å²) in [7, 11) is -2.93. The molecule has 0 saturated carbocycles. The standard InChI is InChI=1S/C21H25NO5S.C21H25NO3S/c1-3-27-21(24)19-14-22(12-16-8-10-28(25,26)11-9-16)13-18(20(19)23)17-6-4-15(2)5-7-17;1-3-25-21(24)19-14-22(12-16-8-10-26-11-9-16)13-18(20(19)23)17-6-4-15(2)5-7-17/h4-7,13-14,16H,3,8-12H2,1-2H3;4-7,13-14,16H,3,8-12H2,1-2H3. The van der Waals surface area contributed by atoms with Gasteiger partial charge in [0.1, 0.15) is 21.0 Å². The molecule has 54 heavy (non-hydrogen) atoms. The second-order valence-electron chi connectivity index (χ2n) is 14.0. The van der Waals surface area contributed by atoms with Gasteiger partial charge >= 0.3 is 11.9 Å². The van der Waals surface area contributed by atoms with Gasteiger partial charge in [0.2, 0.25) is 10.9 Å². The van der Waals surface area contributed by atoms with Gasteiger partial charge in [-0.05, 0) is 87.8 Å². The molecular weight excluding hydrogens is 725 g/mol. The van der Waals surface area contributed by atoms with E-state index in [0.717, 1.165) is 28.8 Å². The van der Waals surface area contributed by atoms with E-state index < -0.39 is 21.8 Å². The molecule has 0 unspecified atom stereocenters. The van der Waals surface area contributed by atoms with Crippen molar-refractivity contribution in [1.82, 2.24) is 9.13 Å². The molecule has 0 spiro atoms. The summed E-state index contributed by atoms with van der Waals surface area (Å²) in [5, 5.41) is 0. The number of ether oxygens (including phenoxy) is 2. The van der Waals surface area contributed by atoms with E-state index in [2.05, 4.69) is 0 Å². The Hall–Kier alpha value is -4.42. The first kappa shape index (κ1) is 40.8. The summed E-state index contributed by atoms with van der Waals surface area (Å²) in [5.74, 6) is 2.33. The lowest BCUT2D eigenvalue weighted by Gasteiger charge is -2.23. The van der Waals surface area contributed by atoms with Crippen LogP contribution in [-0.2, 0) is 32.4 Å². The SMILES string of the molecule is CCOC(=O)c1cn(CC2CCS(=O)(=O)CC2)cc(-c2ccc(C)cc2)c1=O.CCOC(=O)c1cn(CC2CCSCC2)cc(-c2ccc(C)cc2)c1=O. The molecular formula is C42H50N2O8S2. The molecule has 2 fully saturated rings. The predicted octanol–water partition coefficient (Wildman–Crippen LogP) is 6.97. The largest absolute Gasteiger partial charge is 0.462 e. The van der Waals surface area contributed by atoms with Crippen molar-refractivity contribution in [2.75, 3.05) is 36.2 Å². The normalized spacial score (nSPS) is 15.9. The van der Waals surface area contributed by atoms with Crippen LogP contribution in [0.3, 0.4) is 0 Å². The van der Waals surface area contributed by atoms with E-state index in [1.165, 1.54) is 30.5 Å². The molecule has 288 valence electrons. The van der Waals surface area contributed by atoms with Crippen molar-refractivity contribution in [3.8, 4) is 22.3 Å². The predicted molar refractivity (Wildman–Crippen MR) is 215 cm³/mol. The summed E-state index contributed by atoms with van der Waals surface area (Å²) in [5.41, 5.74) is 4.28. The van der Waals surface area contributed by atoms with E-state index in [9.17, 15) is 27.6 Å². The van der Waals surface area contributed by atoms with Crippen LogP contribution >= 0.6 is 11.8 Å². The van der Waals surface area contributed by atoms with Crippen molar-refractivity contribution in [1.29, 1.82) is 0 Å². The van der Waals surface area contributed by atoms with Crippen LogP contribution in [0.1, 0.15) is 71.4 Å². The molecule has 4 aromatic rings. The zero-order chi connectivity index (χ0) is 38.8. The first-order chi connectivity index (χ1) is 25.9. The summed E-state index contributed by atoms with van der Waals surface area (Å²) < 4.78 is 37.3. The number of nitrogens with zero attached hydrogens (tertiary/aromatic N) is 2. The fourth-order valence-corrected chi connectivity index (χ4v) is 9.50. The lowest BCUT2D eigenvalue weighted by atomic mass is 10.0. The molecule has 0 amide bonds. The number of benzene rings is 2. The number of esters is 2. The van der Waals surface area contributed by atoms with Crippen LogP contribution in [0.25, 0.3) is 22.3 Å². The van der Waals surface area contributed by atoms with Crippen LogP contribution in [0.5, 0.6) is 0 Å².